The Balaban J connectivity index is -0.0000000263. The number of rotatable bonds is 0. The van der Waals surface area contributed by atoms with Crippen LogP contribution in [0.25, 0.3) is 0 Å². The molecule has 0 aromatic rings. The van der Waals surface area contributed by atoms with E-state index in [0.717, 1.165) is 0 Å². The van der Waals surface area contributed by atoms with Crippen LogP contribution in [0.3, 0.4) is 0 Å². The second-order valence-electron chi connectivity index (χ2n) is 3.58. The topological polar surface area (TPSA) is 597 Å². The molecule has 0 unspecified atom stereocenters. The molecular formula is H20Na4O32S8. The average Bonchev–Trinajstić information content (AvgIpc) is 2.16. The van der Waals surface area contributed by atoms with E-state index >= 15 is 0 Å². The molecule has 0 aliphatic carbocycles. The van der Waals surface area contributed by atoms with Gasteiger partial charge in [0.25, 0.3) is 0 Å². The van der Waals surface area contributed by atoms with Crippen LogP contribution in [0.4, 0.5) is 0 Å². The molecule has 0 atom stereocenters. The van der Waals surface area contributed by atoms with Gasteiger partial charge in [0.2, 0.25) is 0 Å². The summed E-state index contributed by atoms with van der Waals surface area (Å²) in [7, 11) is -37.3. The number of hydrogen-bond donors (Lipinski definition) is 16. The predicted octanol–water partition coefficient (Wildman–Crippen LogP) is -7.82. The summed E-state index contributed by atoms with van der Waals surface area (Å²) in [5.74, 6) is 0. The molecule has 0 heterocycles. The molecule has 0 aromatic heterocycles. The van der Waals surface area contributed by atoms with Gasteiger partial charge in [-0.2, -0.15) is 67.3 Å². The normalized spacial score (nSPS) is 10.5. The van der Waals surface area contributed by atoms with Gasteiger partial charge in [0.1, 0.15) is 0 Å². The van der Waals surface area contributed by atoms with Crippen LogP contribution >= 0.6 is 0 Å². The summed E-state index contributed by atoms with van der Waals surface area (Å²) in [6, 6.07) is 0. The third kappa shape index (κ3) is 9920. The van der Waals surface area contributed by atoms with Crippen LogP contribution in [-0.2, 0) is 83.2 Å². The Morgan fingerprint density at radius 3 is 0.159 bits per heavy atom. The third-order valence-corrected chi connectivity index (χ3v) is 0. The second-order valence-corrected chi connectivity index (χ2v) is 10.7. The first-order valence-electron chi connectivity index (χ1n) is 5.59. The summed E-state index contributed by atoms with van der Waals surface area (Å²) in [6.07, 6.45) is 0. The minimum absolute atomic E-state index is 0. The minimum atomic E-state index is -4.67. The Morgan fingerprint density at radius 1 is 0.159 bits per heavy atom. The van der Waals surface area contributed by atoms with E-state index in [1.807, 2.05) is 0 Å². The third-order valence-electron chi connectivity index (χ3n) is 0. The van der Waals surface area contributed by atoms with Gasteiger partial charge < -0.3 is 0 Å². The molecule has 0 fully saturated rings. The van der Waals surface area contributed by atoms with Gasteiger partial charge in [-0.05, 0) is 0 Å². The van der Waals surface area contributed by atoms with Crippen molar-refractivity contribution < 1.29 is 140 Å². The van der Waals surface area contributed by atoms with E-state index in [-0.39, 0.29) is 118 Å². The van der Waals surface area contributed by atoms with Crippen molar-refractivity contribution in [1.29, 1.82) is 0 Å². The fourth-order valence-corrected chi connectivity index (χ4v) is 0. The summed E-state index contributed by atoms with van der Waals surface area (Å²) in [5, 5.41) is 0. The molecule has 0 spiro atoms. The molecule has 0 bridgehead atoms. The van der Waals surface area contributed by atoms with Crippen LogP contribution in [0, 0.1) is 0 Å². The molecule has 0 saturated carbocycles. The molecule has 0 radical (unpaired) electrons. The van der Waals surface area contributed by atoms with Gasteiger partial charge in [0, 0.05) is 0 Å². The van der Waals surface area contributed by atoms with Crippen molar-refractivity contribution in [2.24, 2.45) is 0 Å². The summed E-state index contributed by atoms with van der Waals surface area (Å²) in [4.78, 5) is 0. The van der Waals surface area contributed by atoms with Gasteiger partial charge in [-0.1, -0.05) is 0 Å². The quantitative estimate of drug-likeness (QED) is 0.0793. The van der Waals surface area contributed by atoms with E-state index in [9.17, 15) is 0 Å². The molecule has 0 aromatic carbocycles. The van der Waals surface area contributed by atoms with Gasteiger partial charge in [0.15, 0.2) is 0 Å². The van der Waals surface area contributed by atoms with E-state index in [1.165, 1.54) is 0 Å². The van der Waals surface area contributed by atoms with Crippen LogP contribution in [0.2, 0.25) is 0 Å². The predicted molar refractivity (Wildman–Crippen MR) is 142 cm³/mol. The van der Waals surface area contributed by atoms with Crippen molar-refractivity contribution >= 4 is 201 Å². The van der Waals surface area contributed by atoms with E-state index in [4.69, 9.17) is 140 Å². The number of hydrogen-bond acceptors (Lipinski definition) is 16. The van der Waals surface area contributed by atoms with Crippen LogP contribution in [0.1, 0.15) is 0 Å². The van der Waals surface area contributed by atoms with Crippen molar-refractivity contribution in [3.8, 4) is 0 Å². The molecule has 0 rings (SSSR count). The van der Waals surface area contributed by atoms with E-state index in [1.54, 1.807) is 0 Å². The molecule has 16 N–H and O–H groups in total. The van der Waals surface area contributed by atoms with Crippen molar-refractivity contribution in [3.05, 3.63) is 0 Å². The molecule has 264 valence electrons. The summed E-state index contributed by atoms with van der Waals surface area (Å²) in [6.45, 7) is 0. The summed E-state index contributed by atoms with van der Waals surface area (Å²) in [5.41, 5.74) is 0. The molecule has 0 aliphatic heterocycles. The fraction of sp³-hybridized carbons (Fsp3) is 0. The zero-order valence-electron chi connectivity index (χ0n) is 17.0. The van der Waals surface area contributed by atoms with Gasteiger partial charge >= 0.3 is 201 Å². The Hall–Kier alpha value is 2.96. The fourth-order valence-electron chi connectivity index (χ4n) is 0. The molecule has 32 nitrogen and oxygen atoms in total. The Labute approximate surface area is 336 Å². The summed E-state index contributed by atoms with van der Waals surface area (Å²) < 4.78 is 253. The molecule has 44 heavy (non-hydrogen) atoms. The van der Waals surface area contributed by atoms with E-state index in [0.29, 0.717) is 0 Å². The maximum absolute atomic E-state index is 8.74. The van der Waals surface area contributed by atoms with E-state index < -0.39 is 83.2 Å². The van der Waals surface area contributed by atoms with Crippen molar-refractivity contribution in [3.63, 3.8) is 0 Å². The standard InChI is InChI=1S/4Na.8H2O4S.4H/c;;;;8*1-5(2,3)4;;;;/h;;;;8*(H2,1,2,3,4);;;;. The van der Waals surface area contributed by atoms with Gasteiger partial charge in [-0.25, -0.2) is 0 Å². The van der Waals surface area contributed by atoms with Crippen LogP contribution in [0.15, 0.2) is 0 Å². The molecule has 0 saturated heterocycles. The summed E-state index contributed by atoms with van der Waals surface area (Å²) >= 11 is 0. The molecule has 0 amide bonds. The zero-order valence-corrected chi connectivity index (χ0v) is 23.5. The van der Waals surface area contributed by atoms with Crippen LogP contribution in [-0.4, -0.2) is 258 Å². The first-order valence-corrected chi connectivity index (χ1v) is 16.8. The first-order chi connectivity index (χ1) is 16.0. The zero-order chi connectivity index (χ0) is 36.0. The second kappa shape index (κ2) is 35.8. The van der Waals surface area contributed by atoms with Crippen LogP contribution < -0.4 is 0 Å². The Kier molecular flexibility index (Phi) is 66.0. The Morgan fingerprint density at radius 2 is 0.159 bits per heavy atom. The monoisotopic (exact) mass is 880 g/mol. The van der Waals surface area contributed by atoms with Gasteiger partial charge in [-0.3, -0.25) is 72.8 Å². The average molecular weight is 881 g/mol. The Bertz CT molecular complexity index is 1070. The van der Waals surface area contributed by atoms with Crippen LogP contribution in [0.5, 0.6) is 0 Å². The molecule has 0 aliphatic rings. The molecular weight excluding hydrogens is 860 g/mol. The maximum atomic E-state index is 8.74. The van der Waals surface area contributed by atoms with Gasteiger partial charge in [-0.15, -0.1) is 0 Å². The first kappa shape index (κ1) is 81.2. The van der Waals surface area contributed by atoms with Crippen molar-refractivity contribution in [2.75, 3.05) is 0 Å². The molecule has 44 heteroatoms. The SMILES string of the molecule is O=S(=O)(O)O.O=S(=O)(O)O.O=S(=O)(O)O.O=S(=O)(O)O.O=S(=O)(O)O.O=S(=O)(O)O.O=S(=O)(O)O.O=S(=O)(O)O.[NaH].[NaH].[NaH].[NaH]. The van der Waals surface area contributed by atoms with Crippen molar-refractivity contribution in [2.45, 2.75) is 0 Å². The van der Waals surface area contributed by atoms with E-state index in [2.05, 4.69) is 0 Å². The van der Waals surface area contributed by atoms with Gasteiger partial charge in [0.05, 0.1) is 0 Å². The van der Waals surface area contributed by atoms with Crippen molar-refractivity contribution in [1.82, 2.24) is 0 Å².